The SMILES string of the molecule is O=C(O)c1nc(Cl)ccc1C(F)F. The Morgan fingerprint density at radius 3 is 2.62 bits per heavy atom. The number of carboxylic acid groups (broad SMARTS) is 1. The number of rotatable bonds is 2. The Hall–Kier alpha value is -1.23. The third-order valence-electron chi connectivity index (χ3n) is 1.33. The number of carboxylic acids is 1. The van der Waals surface area contributed by atoms with Crippen molar-refractivity contribution in [2.45, 2.75) is 6.43 Å². The highest BCUT2D eigenvalue weighted by Crippen LogP contribution is 2.23. The van der Waals surface area contributed by atoms with Crippen molar-refractivity contribution in [2.75, 3.05) is 0 Å². The monoisotopic (exact) mass is 207 g/mol. The first kappa shape index (κ1) is 9.85. The maximum Gasteiger partial charge on any atom is 0.355 e. The lowest BCUT2D eigenvalue weighted by Crippen LogP contribution is -2.06. The smallest absolute Gasteiger partial charge is 0.355 e. The Bertz CT molecular complexity index is 343. The average molecular weight is 208 g/mol. The maximum absolute atomic E-state index is 12.2. The molecule has 0 bridgehead atoms. The first-order valence-corrected chi connectivity index (χ1v) is 3.58. The second-order valence-electron chi connectivity index (χ2n) is 2.18. The minimum Gasteiger partial charge on any atom is -0.476 e. The van der Waals surface area contributed by atoms with E-state index in [1.54, 1.807) is 0 Å². The van der Waals surface area contributed by atoms with Gasteiger partial charge in [-0.15, -0.1) is 0 Å². The van der Waals surface area contributed by atoms with Crippen molar-refractivity contribution < 1.29 is 18.7 Å². The zero-order valence-corrected chi connectivity index (χ0v) is 6.92. The standard InChI is InChI=1S/C7H4ClF2NO2/c8-4-2-1-3(6(9)10)5(11-4)7(12)13/h1-2,6H,(H,12,13). The fourth-order valence-electron chi connectivity index (χ4n) is 0.793. The molecule has 0 fully saturated rings. The van der Waals surface area contributed by atoms with Crippen LogP contribution in [0.5, 0.6) is 0 Å². The van der Waals surface area contributed by atoms with Gasteiger partial charge in [0.25, 0.3) is 6.43 Å². The number of carbonyl (C=O) groups is 1. The first-order chi connectivity index (χ1) is 6.02. The van der Waals surface area contributed by atoms with Gasteiger partial charge in [0.05, 0.1) is 5.56 Å². The topological polar surface area (TPSA) is 50.2 Å². The minimum atomic E-state index is -2.86. The summed E-state index contributed by atoms with van der Waals surface area (Å²) < 4.78 is 24.3. The molecule has 0 spiro atoms. The van der Waals surface area contributed by atoms with Gasteiger partial charge in [0, 0.05) is 0 Å². The second kappa shape index (κ2) is 3.66. The van der Waals surface area contributed by atoms with Crippen molar-refractivity contribution in [3.05, 3.63) is 28.5 Å². The van der Waals surface area contributed by atoms with Gasteiger partial charge < -0.3 is 5.11 Å². The average Bonchev–Trinajstić information content (AvgIpc) is 2.03. The first-order valence-electron chi connectivity index (χ1n) is 3.20. The largest absolute Gasteiger partial charge is 0.476 e. The number of aromatic carboxylic acids is 1. The molecular formula is C7H4ClF2NO2. The molecule has 0 saturated carbocycles. The van der Waals surface area contributed by atoms with Crippen molar-refractivity contribution in [2.24, 2.45) is 0 Å². The molecule has 0 atom stereocenters. The van der Waals surface area contributed by atoms with Crippen LogP contribution in [0.2, 0.25) is 5.15 Å². The molecule has 70 valence electrons. The lowest BCUT2D eigenvalue weighted by molar-refractivity contribution is 0.0677. The summed E-state index contributed by atoms with van der Waals surface area (Å²) in [6, 6.07) is 2.07. The molecular weight excluding hydrogens is 204 g/mol. The van der Waals surface area contributed by atoms with Crippen LogP contribution in [0.1, 0.15) is 22.5 Å². The quantitative estimate of drug-likeness (QED) is 0.758. The Labute approximate surface area is 77.0 Å². The summed E-state index contributed by atoms with van der Waals surface area (Å²) in [7, 11) is 0. The molecule has 0 amide bonds. The molecule has 1 heterocycles. The molecule has 13 heavy (non-hydrogen) atoms. The number of hydrogen-bond acceptors (Lipinski definition) is 2. The van der Waals surface area contributed by atoms with E-state index in [9.17, 15) is 13.6 Å². The molecule has 1 N–H and O–H groups in total. The molecule has 0 aliphatic carbocycles. The van der Waals surface area contributed by atoms with E-state index in [0.29, 0.717) is 0 Å². The summed E-state index contributed by atoms with van der Waals surface area (Å²) >= 11 is 5.35. The van der Waals surface area contributed by atoms with Crippen LogP contribution < -0.4 is 0 Å². The lowest BCUT2D eigenvalue weighted by atomic mass is 10.2. The fraction of sp³-hybridized carbons (Fsp3) is 0.143. The number of pyridine rings is 1. The molecule has 1 rings (SSSR count). The Balaban J connectivity index is 3.27. The Kier molecular flexibility index (Phi) is 2.77. The van der Waals surface area contributed by atoms with Gasteiger partial charge >= 0.3 is 5.97 Å². The lowest BCUT2D eigenvalue weighted by Gasteiger charge is -2.03. The summed E-state index contributed by atoms with van der Waals surface area (Å²) in [5.41, 5.74) is -1.33. The molecule has 0 aliphatic heterocycles. The van der Waals surface area contributed by atoms with Crippen molar-refractivity contribution in [1.82, 2.24) is 4.98 Å². The number of halogens is 3. The zero-order valence-electron chi connectivity index (χ0n) is 6.17. The third kappa shape index (κ3) is 2.12. The van der Waals surface area contributed by atoms with E-state index in [-0.39, 0.29) is 5.15 Å². The normalized spacial score (nSPS) is 10.5. The van der Waals surface area contributed by atoms with Gasteiger partial charge in [-0.25, -0.2) is 18.6 Å². The van der Waals surface area contributed by atoms with Crippen LogP contribution in [-0.2, 0) is 0 Å². The van der Waals surface area contributed by atoms with Crippen molar-refractivity contribution in [3.8, 4) is 0 Å². The summed E-state index contributed by atoms with van der Waals surface area (Å²) in [6.07, 6.45) is -2.86. The molecule has 0 saturated heterocycles. The van der Waals surface area contributed by atoms with E-state index in [1.165, 1.54) is 0 Å². The van der Waals surface area contributed by atoms with E-state index in [0.717, 1.165) is 12.1 Å². The maximum atomic E-state index is 12.2. The van der Waals surface area contributed by atoms with Crippen LogP contribution in [0.15, 0.2) is 12.1 Å². The molecule has 0 aliphatic rings. The van der Waals surface area contributed by atoms with Crippen LogP contribution in [0.25, 0.3) is 0 Å². The Morgan fingerprint density at radius 1 is 1.54 bits per heavy atom. The van der Waals surface area contributed by atoms with E-state index in [1.807, 2.05) is 0 Å². The summed E-state index contributed by atoms with van der Waals surface area (Å²) in [5, 5.41) is 8.36. The van der Waals surface area contributed by atoms with Gasteiger partial charge in [-0.3, -0.25) is 0 Å². The van der Waals surface area contributed by atoms with Gasteiger partial charge in [0.2, 0.25) is 0 Å². The Morgan fingerprint density at radius 2 is 2.15 bits per heavy atom. The highest BCUT2D eigenvalue weighted by Gasteiger charge is 2.19. The van der Waals surface area contributed by atoms with Gasteiger partial charge in [-0.05, 0) is 12.1 Å². The molecule has 6 heteroatoms. The van der Waals surface area contributed by atoms with E-state index in [2.05, 4.69) is 4.98 Å². The van der Waals surface area contributed by atoms with Gasteiger partial charge in [0.1, 0.15) is 5.15 Å². The summed E-state index contributed by atoms with van der Waals surface area (Å²) in [6.45, 7) is 0. The highest BCUT2D eigenvalue weighted by atomic mass is 35.5. The fourth-order valence-corrected chi connectivity index (χ4v) is 0.941. The van der Waals surface area contributed by atoms with Crippen LogP contribution in [0, 0.1) is 0 Å². The van der Waals surface area contributed by atoms with Gasteiger partial charge in [-0.1, -0.05) is 11.6 Å². The number of alkyl halides is 2. The van der Waals surface area contributed by atoms with Crippen LogP contribution in [0.3, 0.4) is 0 Å². The van der Waals surface area contributed by atoms with Gasteiger partial charge in [0.15, 0.2) is 5.69 Å². The van der Waals surface area contributed by atoms with Crippen LogP contribution in [-0.4, -0.2) is 16.1 Å². The predicted octanol–water partition coefficient (Wildman–Crippen LogP) is 2.37. The molecule has 3 nitrogen and oxygen atoms in total. The molecule has 1 aromatic heterocycles. The molecule has 0 aromatic carbocycles. The van der Waals surface area contributed by atoms with E-state index < -0.39 is 23.7 Å². The number of hydrogen-bond donors (Lipinski definition) is 1. The van der Waals surface area contributed by atoms with E-state index in [4.69, 9.17) is 16.7 Å². The van der Waals surface area contributed by atoms with Crippen molar-refractivity contribution >= 4 is 17.6 Å². The highest BCUT2D eigenvalue weighted by molar-refractivity contribution is 6.29. The molecule has 0 radical (unpaired) electrons. The minimum absolute atomic E-state index is 0.123. The van der Waals surface area contributed by atoms with E-state index >= 15 is 0 Å². The number of aromatic nitrogens is 1. The molecule has 1 aromatic rings. The summed E-state index contributed by atoms with van der Waals surface area (Å²) in [5.74, 6) is -1.52. The zero-order chi connectivity index (χ0) is 10.0. The summed E-state index contributed by atoms with van der Waals surface area (Å²) in [4.78, 5) is 13.7. The molecule has 0 unspecified atom stereocenters. The number of nitrogens with zero attached hydrogens (tertiary/aromatic N) is 1. The predicted molar refractivity (Wildman–Crippen MR) is 41.2 cm³/mol. The van der Waals surface area contributed by atoms with Crippen molar-refractivity contribution in [1.29, 1.82) is 0 Å². The second-order valence-corrected chi connectivity index (χ2v) is 2.56. The van der Waals surface area contributed by atoms with Gasteiger partial charge in [-0.2, -0.15) is 0 Å². The van der Waals surface area contributed by atoms with Crippen LogP contribution >= 0.6 is 11.6 Å². The van der Waals surface area contributed by atoms with Crippen molar-refractivity contribution in [3.63, 3.8) is 0 Å². The third-order valence-corrected chi connectivity index (χ3v) is 1.54. The van der Waals surface area contributed by atoms with Crippen LogP contribution in [0.4, 0.5) is 8.78 Å².